The van der Waals surface area contributed by atoms with E-state index in [1.54, 1.807) is 0 Å². The average Bonchev–Trinajstić information content (AvgIpc) is 3.01. The minimum absolute atomic E-state index is 0.213. The summed E-state index contributed by atoms with van der Waals surface area (Å²) in [4.78, 5) is 0.995. The Bertz CT molecular complexity index is 1120. The Kier molecular flexibility index (Phi) is 4.77. The molecular formula is C27H30O2S. The highest BCUT2D eigenvalue weighted by molar-refractivity contribution is 8.00. The largest absolute Gasteiger partial charge is 0.507 e. The summed E-state index contributed by atoms with van der Waals surface area (Å²) in [5, 5.41) is 12.9. The van der Waals surface area contributed by atoms with Gasteiger partial charge in [-0.1, -0.05) is 63.7 Å². The topological polar surface area (TPSA) is 29.5 Å². The number of fused-ring (bicyclic) bond motifs is 6. The quantitative estimate of drug-likeness (QED) is 0.473. The number of hydrogen-bond donors (Lipinski definition) is 1. The molecule has 3 aromatic carbocycles. The molecular weight excluding hydrogens is 388 g/mol. The first-order chi connectivity index (χ1) is 14.3. The van der Waals surface area contributed by atoms with E-state index >= 15 is 0 Å². The van der Waals surface area contributed by atoms with Crippen LogP contribution in [0.5, 0.6) is 11.5 Å². The number of hydrogen-bond acceptors (Lipinski definition) is 3. The lowest BCUT2D eigenvalue weighted by atomic mass is 9.82. The summed E-state index contributed by atoms with van der Waals surface area (Å²) in [5.41, 5.74) is 5.25. The van der Waals surface area contributed by atoms with Crippen molar-refractivity contribution in [3.05, 3.63) is 53.6 Å². The number of thioether (sulfide) groups is 1. The molecule has 156 valence electrons. The summed E-state index contributed by atoms with van der Waals surface area (Å²) in [6.45, 7) is 9.07. The highest BCUT2D eigenvalue weighted by Gasteiger charge is 2.42. The fourth-order valence-electron chi connectivity index (χ4n) is 5.31. The maximum Gasteiger partial charge on any atom is 0.159 e. The molecule has 0 saturated heterocycles. The first-order valence-electron chi connectivity index (χ1n) is 11.1. The summed E-state index contributed by atoms with van der Waals surface area (Å²) in [7, 11) is 0. The second-order valence-corrected chi connectivity index (χ2v) is 11.1. The van der Waals surface area contributed by atoms with Gasteiger partial charge in [-0.25, -0.2) is 0 Å². The van der Waals surface area contributed by atoms with Crippen molar-refractivity contribution < 1.29 is 9.84 Å². The number of ether oxygens (including phenoxy) is 1. The molecule has 1 aliphatic carbocycles. The van der Waals surface area contributed by atoms with Crippen molar-refractivity contribution in [3.63, 3.8) is 0 Å². The standard InChI is InChI=1S/C27H30O2S/c1-16(2)14-27(15-17(3)4)29-24-12-21-22(13-25(24)30-27)26-19(11-23(21)28)10-9-18-7-5-6-8-20(18)26/h5-8,11-13,16-17,28H,9-10,14-15H2,1-4H3. The Labute approximate surface area is 183 Å². The fraction of sp³-hybridized carbons (Fsp3) is 0.407. The van der Waals surface area contributed by atoms with Crippen LogP contribution < -0.4 is 4.74 Å². The van der Waals surface area contributed by atoms with Gasteiger partial charge in [0.25, 0.3) is 0 Å². The molecule has 0 aromatic heterocycles. The van der Waals surface area contributed by atoms with Crippen LogP contribution in [0.4, 0.5) is 0 Å². The lowest BCUT2D eigenvalue weighted by Gasteiger charge is -2.31. The third-order valence-electron chi connectivity index (χ3n) is 6.24. The molecule has 1 aliphatic heterocycles. The van der Waals surface area contributed by atoms with Gasteiger partial charge in [-0.2, -0.15) is 0 Å². The van der Waals surface area contributed by atoms with Gasteiger partial charge in [0.1, 0.15) is 11.5 Å². The highest BCUT2D eigenvalue weighted by Crippen LogP contribution is 2.55. The number of aromatic hydroxyl groups is 1. The number of aryl methyl sites for hydroxylation is 2. The van der Waals surface area contributed by atoms with Crippen LogP contribution in [0.2, 0.25) is 0 Å². The van der Waals surface area contributed by atoms with E-state index in [0.29, 0.717) is 17.6 Å². The van der Waals surface area contributed by atoms with E-state index in [-0.39, 0.29) is 4.93 Å². The van der Waals surface area contributed by atoms with E-state index in [2.05, 4.69) is 64.1 Å². The van der Waals surface area contributed by atoms with E-state index < -0.39 is 0 Å². The molecule has 2 nitrogen and oxygen atoms in total. The van der Waals surface area contributed by atoms with Crippen LogP contribution in [0.25, 0.3) is 21.9 Å². The summed E-state index contributed by atoms with van der Waals surface area (Å²) < 4.78 is 6.64. The maximum absolute atomic E-state index is 10.9. The second kappa shape index (κ2) is 7.23. The highest BCUT2D eigenvalue weighted by atomic mass is 32.2. The predicted octanol–water partition coefficient (Wildman–Crippen LogP) is 7.58. The van der Waals surface area contributed by atoms with Crippen LogP contribution in [-0.2, 0) is 12.8 Å². The molecule has 1 heterocycles. The number of rotatable bonds is 4. The van der Waals surface area contributed by atoms with Gasteiger partial charge in [0, 0.05) is 5.39 Å². The molecule has 0 amide bonds. The van der Waals surface area contributed by atoms with Crippen LogP contribution in [-0.4, -0.2) is 10.0 Å². The van der Waals surface area contributed by atoms with Crippen molar-refractivity contribution in [2.45, 2.75) is 63.2 Å². The first kappa shape index (κ1) is 19.8. The number of phenols is 1. The van der Waals surface area contributed by atoms with Crippen molar-refractivity contribution in [3.8, 4) is 22.6 Å². The minimum atomic E-state index is -0.213. The zero-order valence-electron chi connectivity index (χ0n) is 18.3. The molecule has 3 aromatic rings. The lowest BCUT2D eigenvalue weighted by molar-refractivity contribution is 0.122. The first-order valence-corrected chi connectivity index (χ1v) is 12.0. The molecule has 3 heteroatoms. The Hall–Kier alpha value is -2.13. The monoisotopic (exact) mass is 418 g/mol. The molecule has 0 saturated carbocycles. The molecule has 0 unspecified atom stereocenters. The van der Waals surface area contributed by atoms with Crippen LogP contribution in [0, 0.1) is 11.8 Å². The Morgan fingerprint density at radius 2 is 1.63 bits per heavy atom. The molecule has 2 aliphatic rings. The van der Waals surface area contributed by atoms with Gasteiger partial charge in [0.05, 0.1) is 4.90 Å². The second-order valence-electron chi connectivity index (χ2n) is 9.74. The van der Waals surface area contributed by atoms with Crippen molar-refractivity contribution >= 4 is 22.5 Å². The van der Waals surface area contributed by atoms with E-state index in [4.69, 9.17) is 4.74 Å². The third kappa shape index (κ3) is 3.28. The Morgan fingerprint density at radius 1 is 0.933 bits per heavy atom. The number of benzene rings is 3. The van der Waals surface area contributed by atoms with Crippen LogP contribution in [0.15, 0.2) is 47.4 Å². The summed E-state index contributed by atoms with van der Waals surface area (Å²) in [6.07, 6.45) is 4.05. The molecule has 0 spiro atoms. The molecule has 0 atom stereocenters. The average molecular weight is 419 g/mol. The van der Waals surface area contributed by atoms with Gasteiger partial charge < -0.3 is 9.84 Å². The maximum atomic E-state index is 10.9. The van der Waals surface area contributed by atoms with Gasteiger partial charge in [-0.15, -0.1) is 0 Å². The fourth-order valence-corrected chi connectivity index (χ4v) is 7.05. The molecule has 0 bridgehead atoms. The van der Waals surface area contributed by atoms with E-state index in [0.717, 1.165) is 42.2 Å². The van der Waals surface area contributed by atoms with Gasteiger partial charge in [-0.3, -0.25) is 0 Å². The van der Waals surface area contributed by atoms with Crippen LogP contribution >= 0.6 is 11.8 Å². The summed E-state index contributed by atoms with van der Waals surface area (Å²) >= 11 is 1.89. The number of phenolic OH excluding ortho intramolecular Hbond substituents is 1. The summed E-state index contributed by atoms with van der Waals surface area (Å²) in [6, 6.07) is 15.0. The van der Waals surface area contributed by atoms with E-state index in [1.807, 2.05) is 17.8 Å². The lowest BCUT2D eigenvalue weighted by Crippen LogP contribution is -2.32. The van der Waals surface area contributed by atoms with Crippen molar-refractivity contribution in [2.75, 3.05) is 0 Å². The molecule has 0 radical (unpaired) electrons. The van der Waals surface area contributed by atoms with E-state index in [9.17, 15) is 5.11 Å². The van der Waals surface area contributed by atoms with Crippen LogP contribution in [0.1, 0.15) is 51.7 Å². The van der Waals surface area contributed by atoms with Gasteiger partial charge in [-0.05, 0) is 83.4 Å². The SMILES string of the molecule is CC(C)CC1(CC(C)C)Oc2cc3c(O)cc4c(c3cc2S1)-c1ccccc1CC4. The van der Waals surface area contributed by atoms with Gasteiger partial charge >= 0.3 is 0 Å². The van der Waals surface area contributed by atoms with Crippen LogP contribution in [0.3, 0.4) is 0 Å². The summed E-state index contributed by atoms with van der Waals surface area (Å²) in [5.74, 6) is 2.42. The normalized spacial score (nSPS) is 16.5. The van der Waals surface area contributed by atoms with Crippen molar-refractivity contribution in [2.24, 2.45) is 11.8 Å². The van der Waals surface area contributed by atoms with Crippen molar-refractivity contribution in [1.82, 2.24) is 0 Å². The zero-order valence-corrected chi connectivity index (χ0v) is 19.1. The smallest absolute Gasteiger partial charge is 0.159 e. The minimum Gasteiger partial charge on any atom is -0.507 e. The molecule has 0 fully saturated rings. The Morgan fingerprint density at radius 3 is 2.37 bits per heavy atom. The molecule has 1 N–H and O–H groups in total. The van der Waals surface area contributed by atoms with Crippen molar-refractivity contribution in [1.29, 1.82) is 0 Å². The van der Waals surface area contributed by atoms with Gasteiger partial charge in [0.2, 0.25) is 0 Å². The van der Waals surface area contributed by atoms with E-state index in [1.165, 1.54) is 27.1 Å². The zero-order chi connectivity index (χ0) is 21.0. The molecule has 5 rings (SSSR count). The van der Waals surface area contributed by atoms with Gasteiger partial charge in [0.15, 0.2) is 4.93 Å². The third-order valence-corrected chi connectivity index (χ3v) is 7.57. The molecule has 30 heavy (non-hydrogen) atoms. The predicted molar refractivity (Wildman–Crippen MR) is 127 cm³/mol. The Balaban J connectivity index is 1.68.